The maximum absolute atomic E-state index is 12.9. The van der Waals surface area contributed by atoms with Gasteiger partial charge in [0.25, 0.3) is 11.1 Å². The summed E-state index contributed by atoms with van der Waals surface area (Å²) >= 11 is 4.35. The lowest BCUT2D eigenvalue weighted by Crippen LogP contribution is -2.27. The van der Waals surface area contributed by atoms with E-state index in [1.54, 1.807) is 36.4 Å². The van der Waals surface area contributed by atoms with Crippen LogP contribution < -0.4 is 9.47 Å². The average Bonchev–Trinajstić information content (AvgIpc) is 3.10. The van der Waals surface area contributed by atoms with E-state index in [0.29, 0.717) is 28.4 Å². The van der Waals surface area contributed by atoms with Crippen LogP contribution in [-0.2, 0) is 11.3 Å². The molecule has 35 heavy (non-hydrogen) atoms. The van der Waals surface area contributed by atoms with Gasteiger partial charge in [0.2, 0.25) is 0 Å². The van der Waals surface area contributed by atoms with Gasteiger partial charge >= 0.3 is 5.97 Å². The van der Waals surface area contributed by atoms with Gasteiger partial charge in [0.05, 0.1) is 23.6 Å². The van der Waals surface area contributed by atoms with Crippen molar-refractivity contribution in [1.29, 1.82) is 0 Å². The Morgan fingerprint density at radius 3 is 2.49 bits per heavy atom. The van der Waals surface area contributed by atoms with Crippen LogP contribution in [0.3, 0.4) is 0 Å². The van der Waals surface area contributed by atoms with Gasteiger partial charge in [-0.3, -0.25) is 14.5 Å². The predicted octanol–water partition coefficient (Wildman–Crippen LogP) is 6.61. The molecule has 0 bridgehead atoms. The summed E-state index contributed by atoms with van der Waals surface area (Å²) in [4.78, 5) is 39.6. The van der Waals surface area contributed by atoms with E-state index in [1.807, 2.05) is 50.2 Å². The smallest absolute Gasteiger partial charge is 0.343 e. The highest BCUT2D eigenvalue weighted by atomic mass is 79.9. The fourth-order valence-electron chi connectivity index (χ4n) is 3.40. The first-order valence-electron chi connectivity index (χ1n) is 10.9. The zero-order valence-corrected chi connectivity index (χ0v) is 21.5. The molecule has 0 spiro atoms. The van der Waals surface area contributed by atoms with Crippen molar-refractivity contribution in [3.63, 3.8) is 0 Å². The summed E-state index contributed by atoms with van der Waals surface area (Å²) in [5, 5.41) is -0.328. The van der Waals surface area contributed by atoms with Crippen LogP contribution in [0.25, 0.3) is 6.08 Å². The minimum absolute atomic E-state index is 0.182. The standard InChI is InChI=1S/C27H22BrNO5S/c1-3-33-23-14-18(10-13-22(23)34-26(31)19-11-8-17(2)9-12-19)15-24-25(30)29(27(32)35-24)16-20-6-4-5-7-21(20)28/h4-15H,3,16H2,1-2H3/b24-15-. The third kappa shape index (κ3) is 5.83. The number of imide groups is 1. The van der Waals surface area contributed by atoms with E-state index in [9.17, 15) is 14.4 Å². The minimum Gasteiger partial charge on any atom is -0.490 e. The lowest BCUT2D eigenvalue weighted by Gasteiger charge is -2.13. The number of halogens is 1. The molecule has 1 aliphatic rings. The zero-order chi connectivity index (χ0) is 24.9. The van der Waals surface area contributed by atoms with E-state index in [1.165, 1.54) is 4.90 Å². The van der Waals surface area contributed by atoms with Crippen LogP contribution >= 0.6 is 27.7 Å². The van der Waals surface area contributed by atoms with Crippen molar-refractivity contribution < 1.29 is 23.9 Å². The van der Waals surface area contributed by atoms with Gasteiger partial charge < -0.3 is 9.47 Å². The first kappa shape index (κ1) is 24.8. The van der Waals surface area contributed by atoms with Crippen molar-refractivity contribution in [2.24, 2.45) is 0 Å². The number of esters is 1. The molecule has 0 N–H and O–H groups in total. The Balaban J connectivity index is 1.54. The van der Waals surface area contributed by atoms with E-state index < -0.39 is 5.97 Å². The van der Waals surface area contributed by atoms with Crippen molar-refractivity contribution in [2.75, 3.05) is 6.61 Å². The molecule has 3 aromatic carbocycles. The molecular formula is C27H22BrNO5S. The maximum Gasteiger partial charge on any atom is 0.343 e. The molecule has 0 aliphatic carbocycles. The number of carbonyl (C=O) groups excluding carboxylic acids is 3. The monoisotopic (exact) mass is 551 g/mol. The second-order valence-corrected chi connectivity index (χ2v) is 9.60. The summed E-state index contributed by atoms with van der Waals surface area (Å²) in [6.45, 7) is 4.31. The molecular weight excluding hydrogens is 530 g/mol. The summed E-state index contributed by atoms with van der Waals surface area (Å²) < 4.78 is 12.1. The Hall–Kier alpha value is -3.36. The van der Waals surface area contributed by atoms with Crippen molar-refractivity contribution in [1.82, 2.24) is 4.90 Å². The zero-order valence-electron chi connectivity index (χ0n) is 19.1. The molecule has 4 rings (SSSR count). The Kier molecular flexibility index (Phi) is 7.73. The van der Waals surface area contributed by atoms with E-state index in [4.69, 9.17) is 9.47 Å². The van der Waals surface area contributed by atoms with Crippen molar-refractivity contribution >= 4 is 50.9 Å². The van der Waals surface area contributed by atoms with E-state index >= 15 is 0 Å². The van der Waals surface area contributed by atoms with E-state index in [-0.39, 0.29) is 23.4 Å². The Bertz CT molecular complexity index is 1320. The second-order valence-electron chi connectivity index (χ2n) is 7.75. The number of thioether (sulfide) groups is 1. The van der Waals surface area contributed by atoms with E-state index in [2.05, 4.69) is 15.9 Å². The fourth-order valence-corrected chi connectivity index (χ4v) is 4.65. The van der Waals surface area contributed by atoms with Crippen molar-refractivity contribution in [2.45, 2.75) is 20.4 Å². The van der Waals surface area contributed by atoms with Gasteiger partial charge in [-0.2, -0.15) is 0 Å². The van der Waals surface area contributed by atoms with Crippen LogP contribution in [0.2, 0.25) is 0 Å². The molecule has 0 atom stereocenters. The quantitative estimate of drug-likeness (QED) is 0.187. The second kappa shape index (κ2) is 10.9. The lowest BCUT2D eigenvalue weighted by atomic mass is 10.1. The Morgan fingerprint density at radius 2 is 1.77 bits per heavy atom. The van der Waals surface area contributed by atoms with Gasteiger partial charge in [0.1, 0.15) is 0 Å². The number of benzene rings is 3. The lowest BCUT2D eigenvalue weighted by molar-refractivity contribution is -0.123. The van der Waals surface area contributed by atoms with Crippen molar-refractivity contribution in [3.05, 3.63) is 98.4 Å². The molecule has 0 aromatic heterocycles. The summed E-state index contributed by atoms with van der Waals surface area (Å²) in [5.74, 6) is -0.207. The number of aryl methyl sites for hydroxylation is 1. The number of hydrogen-bond donors (Lipinski definition) is 0. The number of ether oxygens (including phenoxy) is 2. The molecule has 8 heteroatoms. The van der Waals surface area contributed by atoms with Gasteiger partial charge in [-0.05, 0) is 73.1 Å². The van der Waals surface area contributed by atoms with E-state index in [0.717, 1.165) is 27.4 Å². The number of nitrogens with zero attached hydrogens (tertiary/aromatic N) is 1. The Morgan fingerprint density at radius 1 is 1.03 bits per heavy atom. The number of carbonyl (C=O) groups is 3. The molecule has 1 aliphatic heterocycles. The van der Waals surface area contributed by atoms with Gasteiger partial charge in [-0.15, -0.1) is 0 Å². The highest BCUT2D eigenvalue weighted by molar-refractivity contribution is 9.10. The molecule has 6 nitrogen and oxygen atoms in total. The number of rotatable bonds is 7. The third-order valence-electron chi connectivity index (χ3n) is 5.22. The van der Waals surface area contributed by atoms with Crippen LogP contribution in [0.15, 0.2) is 76.1 Å². The normalized spacial score (nSPS) is 14.5. The molecule has 1 saturated heterocycles. The fraction of sp³-hybridized carbons (Fsp3) is 0.148. The van der Waals surface area contributed by atoms with Crippen LogP contribution in [0, 0.1) is 6.92 Å². The molecule has 1 fully saturated rings. The van der Waals surface area contributed by atoms with Gasteiger partial charge in [0, 0.05) is 4.47 Å². The molecule has 3 aromatic rings. The summed E-state index contributed by atoms with van der Waals surface area (Å²) in [5.41, 5.74) is 2.96. The summed E-state index contributed by atoms with van der Waals surface area (Å²) in [7, 11) is 0. The Labute approximate surface area is 216 Å². The average molecular weight is 552 g/mol. The molecule has 0 unspecified atom stereocenters. The van der Waals surface area contributed by atoms with Crippen LogP contribution in [0.1, 0.15) is 34.0 Å². The van der Waals surface area contributed by atoms with Gasteiger partial charge in [-0.1, -0.05) is 57.9 Å². The minimum atomic E-state index is -0.494. The number of hydrogen-bond acceptors (Lipinski definition) is 6. The summed E-state index contributed by atoms with van der Waals surface area (Å²) in [6.07, 6.45) is 1.64. The highest BCUT2D eigenvalue weighted by Gasteiger charge is 2.35. The first-order chi connectivity index (χ1) is 16.9. The van der Waals surface area contributed by atoms with Crippen LogP contribution in [0.5, 0.6) is 11.5 Å². The van der Waals surface area contributed by atoms with Gasteiger partial charge in [-0.25, -0.2) is 4.79 Å². The predicted molar refractivity (Wildman–Crippen MR) is 139 cm³/mol. The molecule has 0 radical (unpaired) electrons. The largest absolute Gasteiger partial charge is 0.490 e. The topological polar surface area (TPSA) is 72.9 Å². The molecule has 2 amide bonds. The third-order valence-corrected chi connectivity index (χ3v) is 6.90. The molecule has 1 heterocycles. The SMILES string of the molecule is CCOc1cc(/C=C2\SC(=O)N(Cc3ccccc3Br)C2=O)ccc1OC(=O)c1ccc(C)cc1. The maximum atomic E-state index is 12.9. The van der Waals surface area contributed by atoms with Crippen molar-refractivity contribution in [3.8, 4) is 11.5 Å². The van der Waals surface area contributed by atoms with Gasteiger partial charge in [0.15, 0.2) is 11.5 Å². The first-order valence-corrected chi connectivity index (χ1v) is 12.5. The molecule has 0 saturated carbocycles. The number of amides is 2. The highest BCUT2D eigenvalue weighted by Crippen LogP contribution is 2.36. The van der Waals surface area contributed by atoms with Crippen LogP contribution in [0.4, 0.5) is 4.79 Å². The van der Waals surface area contributed by atoms with Crippen LogP contribution in [-0.4, -0.2) is 28.6 Å². The summed E-state index contributed by atoms with van der Waals surface area (Å²) in [6, 6.07) is 19.6. The molecule has 178 valence electrons.